The molecule has 0 radical (unpaired) electrons. The molecule has 172 valence electrons. The van der Waals surface area contributed by atoms with Crippen LogP contribution in [0.5, 0.6) is 46.0 Å². The van der Waals surface area contributed by atoms with Gasteiger partial charge in [0.2, 0.25) is 0 Å². The second kappa shape index (κ2) is 7.90. The summed E-state index contributed by atoms with van der Waals surface area (Å²) in [6.45, 7) is 1.46. The van der Waals surface area contributed by atoms with Crippen LogP contribution in [0.1, 0.15) is 33.2 Å². The Labute approximate surface area is 186 Å². The number of hydrogen-bond donors (Lipinski definition) is 7. The number of benzene rings is 3. The monoisotopic (exact) mass is 456 g/mol. The van der Waals surface area contributed by atoms with Crippen LogP contribution in [0.2, 0.25) is 0 Å². The van der Waals surface area contributed by atoms with E-state index in [0.29, 0.717) is 0 Å². The summed E-state index contributed by atoms with van der Waals surface area (Å²) in [6, 6.07) is 6.80. The van der Waals surface area contributed by atoms with Crippen molar-refractivity contribution < 1.29 is 50.0 Å². The molecule has 0 spiro atoms. The van der Waals surface area contributed by atoms with Gasteiger partial charge in [-0.15, -0.1) is 0 Å². The highest BCUT2D eigenvalue weighted by Crippen LogP contribution is 2.45. The summed E-state index contributed by atoms with van der Waals surface area (Å²) in [7, 11) is 0. The van der Waals surface area contributed by atoms with Gasteiger partial charge < -0.3 is 45.2 Å². The van der Waals surface area contributed by atoms with Crippen LogP contribution in [0.3, 0.4) is 0 Å². The van der Waals surface area contributed by atoms with Crippen LogP contribution < -0.4 is 4.74 Å². The van der Waals surface area contributed by atoms with Gasteiger partial charge in [-0.2, -0.15) is 0 Å². The van der Waals surface area contributed by atoms with E-state index in [0.717, 1.165) is 30.3 Å². The van der Waals surface area contributed by atoms with Crippen molar-refractivity contribution in [2.75, 3.05) is 0 Å². The fourth-order valence-corrected chi connectivity index (χ4v) is 3.63. The van der Waals surface area contributed by atoms with Crippen molar-refractivity contribution in [1.29, 1.82) is 0 Å². The van der Waals surface area contributed by atoms with Gasteiger partial charge in [0.1, 0.15) is 34.9 Å². The minimum Gasteiger partial charge on any atom is -0.508 e. The molecular formula is C23H20O10. The standard InChI is InChI=1S/C23H20O10/c1-9-14(25)4-11(5-15(9)26)23(31)33-20-8-13-16(27)6-12(24)7-19(13)32-22(20)10-2-17(28)21(30)18(29)3-10/h2-7,20,22,24-30H,8H2,1H3/t20-,22-/m1/s1. The maximum absolute atomic E-state index is 12.8. The Kier molecular flexibility index (Phi) is 5.21. The summed E-state index contributed by atoms with van der Waals surface area (Å²) in [5.74, 6) is -4.07. The van der Waals surface area contributed by atoms with Crippen LogP contribution in [-0.2, 0) is 11.2 Å². The Balaban J connectivity index is 1.75. The summed E-state index contributed by atoms with van der Waals surface area (Å²) < 4.78 is 11.4. The third kappa shape index (κ3) is 3.93. The van der Waals surface area contributed by atoms with E-state index in [-0.39, 0.29) is 57.4 Å². The number of esters is 1. The Morgan fingerprint density at radius 3 is 2.06 bits per heavy atom. The Hall–Kier alpha value is -4.47. The van der Waals surface area contributed by atoms with Gasteiger partial charge in [-0.05, 0) is 31.2 Å². The summed E-state index contributed by atoms with van der Waals surface area (Å²) >= 11 is 0. The van der Waals surface area contributed by atoms with Gasteiger partial charge in [0.15, 0.2) is 23.4 Å². The fraction of sp³-hybridized carbons (Fsp3) is 0.174. The molecular weight excluding hydrogens is 436 g/mol. The number of carbonyl (C=O) groups excluding carboxylic acids is 1. The van der Waals surface area contributed by atoms with Crippen molar-refractivity contribution >= 4 is 5.97 Å². The van der Waals surface area contributed by atoms with E-state index in [2.05, 4.69) is 0 Å². The zero-order valence-corrected chi connectivity index (χ0v) is 17.2. The molecule has 1 heterocycles. The maximum atomic E-state index is 12.8. The van der Waals surface area contributed by atoms with E-state index < -0.39 is 35.4 Å². The third-order valence-corrected chi connectivity index (χ3v) is 5.43. The largest absolute Gasteiger partial charge is 0.508 e. The number of aromatic hydroxyl groups is 7. The number of phenols is 7. The van der Waals surface area contributed by atoms with Crippen LogP contribution >= 0.6 is 0 Å². The van der Waals surface area contributed by atoms with E-state index in [1.54, 1.807) is 0 Å². The lowest BCUT2D eigenvalue weighted by molar-refractivity contribution is -0.0189. The summed E-state index contributed by atoms with van der Waals surface area (Å²) in [5, 5.41) is 69.4. The van der Waals surface area contributed by atoms with E-state index in [9.17, 15) is 40.5 Å². The number of phenolic OH excluding ortho intramolecular Hbond substituents is 7. The summed E-state index contributed by atoms with van der Waals surface area (Å²) in [5.41, 5.74) is 0.401. The van der Waals surface area contributed by atoms with Gasteiger partial charge in [-0.25, -0.2) is 4.79 Å². The van der Waals surface area contributed by atoms with Crippen molar-refractivity contribution in [3.8, 4) is 46.0 Å². The van der Waals surface area contributed by atoms with Crippen molar-refractivity contribution in [2.24, 2.45) is 0 Å². The van der Waals surface area contributed by atoms with Crippen molar-refractivity contribution in [3.05, 3.63) is 58.7 Å². The lowest BCUT2D eigenvalue weighted by atomic mass is 9.93. The molecule has 3 aromatic rings. The van der Waals surface area contributed by atoms with Crippen LogP contribution in [0.15, 0.2) is 36.4 Å². The first-order chi connectivity index (χ1) is 15.5. The predicted molar refractivity (Wildman–Crippen MR) is 112 cm³/mol. The highest BCUT2D eigenvalue weighted by molar-refractivity contribution is 5.91. The van der Waals surface area contributed by atoms with Gasteiger partial charge in [0, 0.05) is 35.2 Å². The maximum Gasteiger partial charge on any atom is 0.338 e. The zero-order valence-electron chi connectivity index (χ0n) is 17.2. The molecule has 0 aromatic heterocycles. The van der Waals surface area contributed by atoms with Gasteiger partial charge >= 0.3 is 5.97 Å². The number of ether oxygens (including phenoxy) is 2. The molecule has 33 heavy (non-hydrogen) atoms. The number of carbonyl (C=O) groups is 1. The average molecular weight is 456 g/mol. The quantitative estimate of drug-likeness (QED) is 0.229. The van der Waals surface area contributed by atoms with Crippen LogP contribution in [0, 0.1) is 6.92 Å². The smallest absolute Gasteiger partial charge is 0.338 e. The van der Waals surface area contributed by atoms with E-state index >= 15 is 0 Å². The molecule has 0 amide bonds. The average Bonchev–Trinajstić information content (AvgIpc) is 2.75. The molecule has 4 rings (SSSR count). The molecule has 0 saturated carbocycles. The Bertz CT molecular complexity index is 1220. The summed E-state index contributed by atoms with van der Waals surface area (Å²) in [4.78, 5) is 12.8. The molecule has 3 aromatic carbocycles. The molecule has 10 nitrogen and oxygen atoms in total. The topological polar surface area (TPSA) is 177 Å². The first-order valence-corrected chi connectivity index (χ1v) is 9.75. The van der Waals surface area contributed by atoms with Crippen molar-refractivity contribution in [1.82, 2.24) is 0 Å². The second-order valence-corrected chi connectivity index (χ2v) is 7.68. The normalized spacial score (nSPS) is 17.1. The molecule has 1 aliphatic rings. The highest BCUT2D eigenvalue weighted by Gasteiger charge is 2.37. The van der Waals surface area contributed by atoms with E-state index in [4.69, 9.17) is 9.47 Å². The summed E-state index contributed by atoms with van der Waals surface area (Å²) in [6.07, 6.45) is -2.33. The predicted octanol–water partition coefficient (Wildman–Crippen LogP) is 2.84. The zero-order chi connectivity index (χ0) is 24.0. The van der Waals surface area contributed by atoms with E-state index in [1.807, 2.05) is 0 Å². The molecule has 0 fully saturated rings. The molecule has 0 bridgehead atoms. The lowest BCUT2D eigenvalue weighted by Crippen LogP contribution is -2.34. The van der Waals surface area contributed by atoms with E-state index in [1.165, 1.54) is 13.0 Å². The van der Waals surface area contributed by atoms with Crippen LogP contribution in [0.4, 0.5) is 0 Å². The first-order valence-electron chi connectivity index (χ1n) is 9.75. The molecule has 2 atom stereocenters. The van der Waals surface area contributed by atoms with Gasteiger partial charge in [-0.3, -0.25) is 0 Å². The van der Waals surface area contributed by atoms with Crippen LogP contribution in [0.25, 0.3) is 0 Å². The molecule has 0 saturated heterocycles. The Morgan fingerprint density at radius 1 is 0.848 bits per heavy atom. The van der Waals surface area contributed by atoms with Crippen LogP contribution in [-0.4, -0.2) is 47.8 Å². The van der Waals surface area contributed by atoms with Crippen molar-refractivity contribution in [3.63, 3.8) is 0 Å². The SMILES string of the molecule is Cc1c(O)cc(C(=O)O[C@@H]2Cc3c(O)cc(O)cc3O[C@@H]2c2cc(O)c(O)c(O)c2)cc1O. The number of hydrogen-bond acceptors (Lipinski definition) is 10. The fourth-order valence-electron chi connectivity index (χ4n) is 3.63. The molecule has 0 unspecified atom stereocenters. The van der Waals surface area contributed by atoms with Crippen molar-refractivity contribution in [2.45, 2.75) is 25.6 Å². The third-order valence-electron chi connectivity index (χ3n) is 5.43. The second-order valence-electron chi connectivity index (χ2n) is 7.68. The number of fused-ring (bicyclic) bond motifs is 1. The highest BCUT2D eigenvalue weighted by atomic mass is 16.6. The van der Waals surface area contributed by atoms with Gasteiger partial charge in [0.05, 0.1) is 5.56 Å². The number of rotatable bonds is 3. The van der Waals surface area contributed by atoms with Gasteiger partial charge in [0.25, 0.3) is 0 Å². The molecule has 7 N–H and O–H groups in total. The molecule has 10 heteroatoms. The minimum atomic E-state index is -1.13. The minimum absolute atomic E-state index is 0.0793. The molecule has 0 aliphatic carbocycles. The van der Waals surface area contributed by atoms with Gasteiger partial charge in [-0.1, -0.05) is 0 Å². The first kappa shape index (κ1) is 21.8. The lowest BCUT2D eigenvalue weighted by Gasteiger charge is -2.34. The molecule has 1 aliphatic heterocycles. The Morgan fingerprint density at radius 2 is 1.45 bits per heavy atom.